The van der Waals surface area contributed by atoms with Gasteiger partial charge in [-0.15, -0.1) is 5.10 Å². The lowest BCUT2D eigenvalue weighted by atomic mass is 10.1. The van der Waals surface area contributed by atoms with Gasteiger partial charge in [0, 0.05) is 36.7 Å². The molecule has 0 saturated carbocycles. The fourth-order valence-corrected chi connectivity index (χ4v) is 4.82. The normalized spacial score (nSPS) is 16.6. The van der Waals surface area contributed by atoms with E-state index in [-0.39, 0.29) is 18.5 Å². The van der Waals surface area contributed by atoms with Gasteiger partial charge in [-0.1, -0.05) is 12.1 Å². The van der Waals surface area contributed by atoms with E-state index >= 15 is 0 Å². The molecule has 4 aromatic rings. The van der Waals surface area contributed by atoms with Crippen molar-refractivity contribution in [1.82, 2.24) is 30.1 Å². The van der Waals surface area contributed by atoms with Crippen molar-refractivity contribution in [3.63, 3.8) is 0 Å². The molecule has 37 heavy (non-hydrogen) atoms. The molecular weight excluding hydrogens is 476 g/mol. The Bertz CT molecular complexity index is 1440. The van der Waals surface area contributed by atoms with E-state index in [4.69, 9.17) is 18.9 Å². The van der Waals surface area contributed by atoms with E-state index < -0.39 is 0 Å². The van der Waals surface area contributed by atoms with Crippen LogP contribution in [0, 0.1) is 0 Å². The van der Waals surface area contributed by atoms with Crippen molar-refractivity contribution < 1.29 is 18.9 Å². The molecule has 1 N–H and O–H groups in total. The smallest absolute Gasteiger partial charge is 0.252 e. The fourth-order valence-electron chi connectivity index (χ4n) is 4.82. The second-order valence-corrected chi connectivity index (χ2v) is 9.32. The Hall–Kier alpha value is -3.96. The van der Waals surface area contributed by atoms with E-state index in [1.165, 1.54) is 0 Å². The Morgan fingerprint density at radius 1 is 1.11 bits per heavy atom. The zero-order valence-corrected chi connectivity index (χ0v) is 20.6. The molecule has 2 aliphatic rings. The number of nitrogens with zero attached hydrogens (tertiary/aromatic N) is 5. The van der Waals surface area contributed by atoms with Gasteiger partial charge >= 0.3 is 0 Å². The van der Waals surface area contributed by atoms with Gasteiger partial charge in [-0.2, -0.15) is 0 Å². The summed E-state index contributed by atoms with van der Waals surface area (Å²) in [5.41, 5.74) is 2.28. The molecule has 2 aromatic heterocycles. The number of H-pyrrole nitrogens is 1. The maximum absolute atomic E-state index is 13.1. The van der Waals surface area contributed by atoms with Gasteiger partial charge in [0.2, 0.25) is 6.79 Å². The van der Waals surface area contributed by atoms with Crippen LogP contribution in [0.25, 0.3) is 10.9 Å². The topological polar surface area (TPSA) is 117 Å². The summed E-state index contributed by atoms with van der Waals surface area (Å²) in [6, 6.07) is 13.5. The Morgan fingerprint density at radius 2 is 1.95 bits per heavy atom. The second kappa shape index (κ2) is 10.2. The summed E-state index contributed by atoms with van der Waals surface area (Å²) >= 11 is 0. The first kappa shape index (κ1) is 23.4. The van der Waals surface area contributed by atoms with Crippen LogP contribution < -0.4 is 19.8 Å². The quantitative estimate of drug-likeness (QED) is 0.367. The van der Waals surface area contributed by atoms with Crippen LogP contribution in [0.5, 0.6) is 17.2 Å². The molecule has 0 bridgehead atoms. The van der Waals surface area contributed by atoms with Crippen LogP contribution >= 0.6 is 0 Å². The molecule has 1 fully saturated rings. The number of benzene rings is 2. The second-order valence-electron chi connectivity index (χ2n) is 9.32. The number of hydrogen-bond donors (Lipinski definition) is 1. The summed E-state index contributed by atoms with van der Waals surface area (Å²) in [6.07, 6.45) is 2.17. The summed E-state index contributed by atoms with van der Waals surface area (Å²) in [5, 5.41) is 13.3. The molecule has 1 saturated heterocycles. The van der Waals surface area contributed by atoms with Crippen molar-refractivity contribution >= 4 is 10.9 Å². The zero-order chi connectivity index (χ0) is 25.2. The Labute approximate surface area is 212 Å². The molecule has 11 heteroatoms. The van der Waals surface area contributed by atoms with Crippen LogP contribution in [0.1, 0.15) is 29.8 Å². The average molecular weight is 505 g/mol. The van der Waals surface area contributed by atoms with Crippen LogP contribution in [-0.4, -0.2) is 56.7 Å². The van der Waals surface area contributed by atoms with Gasteiger partial charge < -0.3 is 23.9 Å². The van der Waals surface area contributed by atoms with Crippen LogP contribution in [0.3, 0.4) is 0 Å². The highest BCUT2D eigenvalue weighted by molar-refractivity contribution is 5.83. The first-order valence-electron chi connectivity index (χ1n) is 12.3. The summed E-state index contributed by atoms with van der Waals surface area (Å²) < 4.78 is 23.9. The first-order valence-corrected chi connectivity index (χ1v) is 12.3. The lowest BCUT2D eigenvalue weighted by Crippen LogP contribution is -2.29. The van der Waals surface area contributed by atoms with Crippen molar-refractivity contribution in [2.24, 2.45) is 0 Å². The minimum Gasteiger partial charge on any atom is -0.497 e. The molecule has 1 atom stereocenters. The van der Waals surface area contributed by atoms with E-state index in [1.54, 1.807) is 13.2 Å². The monoisotopic (exact) mass is 504 g/mol. The molecule has 2 aromatic carbocycles. The minimum absolute atomic E-state index is 0.119. The van der Waals surface area contributed by atoms with Crippen molar-refractivity contribution in [3.8, 4) is 17.2 Å². The minimum atomic E-state index is -0.148. The summed E-state index contributed by atoms with van der Waals surface area (Å²) in [5.74, 6) is 2.83. The highest BCUT2D eigenvalue weighted by Crippen LogP contribution is 2.35. The predicted molar refractivity (Wildman–Crippen MR) is 133 cm³/mol. The van der Waals surface area contributed by atoms with Crippen LogP contribution in [0.4, 0.5) is 0 Å². The average Bonchev–Trinajstić information content (AvgIpc) is 3.67. The first-order chi connectivity index (χ1) is 18.1. The van der Waals surface area contributed by atoms with E-state index in [9.17, 15) is 4.79 Å². The lowest BCUT2D eigenvalue weighted by Gasteiger charge is -2.22. The van der Waals surface area contributed by atoms with E-state index in [0.29, 0.717) is 48.8 Å². The van der Waals surface area contributed by atoms with Crippen molar-refractivity contribution in [2.45, 2.75) is 45.1 Å². The standard InChI is InChI=1S/C26H28N6O5/c1-34-20-6-4-17(5-7-20)12-31(15-25-28-29-30-32(25)14-21-3-2-8-35-21)13-19-9-18-10-23-24(37-16-36-23)11-22(18)27-26(19)33/h4-7,9-11,21H,2-3,8,12-16H2,1H3,(H,27,33). The number of methoxy groups -OCH3 is 1. The van der Waals surface area contributed by atoms with Gasteiger partial charge in [0.1, 0.15) is 5.75 Å². The molecule has 2 aliphatic heterocycles. The molecule has 4 heterocycles. The third-order valence-corrected chi connectivity index (χ3v) is 6.75. The number of fused-ring (bicyclic) bond motifs is 2. The van der Waals surface area contributed by atoms with Crippen LogP contribution in [-0.2, 0) is 30.9 Å². The number of nitrogens with one attached hydrogen (secondary N) is 1. The SMILES string of the molecule is COc1ccc(CN(Cc2cc3cc4c(cc3[nH]c2=O)OCO4)Cc2nnnn2CC2CCCO2)cc1. The van der Waals surface area contributed by atoms with Crippen molar-refractivity contribution in [3.05, 3.63) is 69.8 Å². The van der Waals surface area contributed by atoms with Gasteiger partial charge in [-0.25, -0.2) is 4.68 Å². The largest absolute Gasteiger partial charge is 0.497 e. The molecule has 0 spiro atoms. The fraction of sp³-hybridized carbons (Fsp3) is 0.385. The Morgan fingerprint density at radius 3 is 2.73 bits per heavy atom. The summed E-state index contributed by atoms with van der Waals surface area (Å²) in [6.45, 7) is 3.02. The predicted octanol–water partition coefficient (Wildman–Crippen LogP) is 2.63. The third-order valence-electron chi connectivity index (χ3n) is 6.75. The number of pyridine rings is 1. The molecule has 1 unspecified atom stereocenters. The van der Waals surface area contributed by atoms with Gasteiger partial charge in [0.15, 0.2) is 17.3 Å². The summed E-state index contributed by atoms with van der Waals surface area (Å²) in [7, 11) is 1.65. The number of hydrogen-bond acceptors (Lipinski definition) is 9. The Balaban J connectivity index is 1.28. The number of tetrazole rings is 1. The maximum atomic E-state index is 13.1. The van der Waals surface area contributed by atoms with Crippen LogP contribution in [0.2, 0.25) is 0 Å². The van der Waals surface area contributed by atoms with E-state index in [2.05, 4.69) is 25.4 Å². The van der Waals surface area contributed by atoms with Crippen molar-refractivity contribution in [2.75, 3.05) is 20.5 Å². The lowest BCUT2D eigenvalue weighted by molar-refractivity contribution is 0.0914. The van der Waals surface area contributed by atoms with E-state index in [1.807, 2.05) is 41.1 Å². The molecule has 0 aliphatic carbocycles. The zero-order valence-electron chi connectivity index (χ0n) is 20.6. The number of aromatic nitrogens is 5. The molecule has 11 nitrogen and oxygen atoms in total. The third kappa shape index (κ3) is 5.13. The molecule has 6 rings (SSSR count). The van der Waals surface area contributed by atoms with Gasteiger partial charge in [-0.05, 0) is 53.1 Å². The summed E-state index contributed by atoms with van der Waals surface area (Å²) in [4.78, 5) is 18.2. The maximum Gasteiger partial charge on any atom is 0.252 e. The molecule has 0 radical (unpaired) electrons. The number of rotatable bonds is 9. The Kier molecular flexibility index (Phi) is 6.46. The van der Waals surface area contributed by atoms with E-state index in [0.717, 1.165) is 42.0 Å². The van der Waals surface area contributed by atoms with Crippen molar-refractivity contribution in [1.29, 1.82) is 0 Å². The molecule has 192 valence electrons. The molecular formula is C26H28N6O5. The van der Waals surface area contributed by atoms with Gasteiger partial charge in [-0.3, -0.25) is 9.69 Å². The highest BCUT2D eigenvalue weighted by atomic mass is 16.7. The van der Waals surface area contributed by atoms with Gasteiger partial charge in [0.25, 0.3) is 5.56 Å². The number of aromatic amines is 1. The highest BCUT2D eigenvalue weighted by Gasteiger charge is 2.21. The van der Waals surface area contributed by atoms with Crippen LogP contribution in [0.15, 0.2) is 47.3 Å². The number of ether oxygens (including phenoxy) is 4. The van der Waals surface area contributed by atoms with Gasteiger partial charge in [0.05, 0.1) is 31.8 Å². The molecule has 0 amide bonds.